The molecule has 35 heavy (non-hydrogen) atoms. The zero-order chi connectivity index (χ0) is 23.9. The molecule has 6 heteroatoms. The molecular weight excluding hydrogens is 662 g/mol. The van der Waals surface area contributed by atoms with Crippen molar-refractivity contribution in [1.82, 2.24) is 0 Å². The zero-order valence-electron chi connectivity index (χ0n) is 19.8. The number of hydrogen-bond acceptors (Lipinski definition) is 4. The quantitative estimate of drug-likeness (QED) is 0.239. The Morgan fingerprint density at radius 3 is 2.31 bits per heavy atom. The first-order valence-corrected chi connectivity index (χ1v) is 11.9. The van der Waals surface area contributed by atoms with Crippen molar-refractivity contribution in [2.24, 2.45) is 11.7 Å². The monoisotopic (exact) mass is 693 g/mol. The second-order valence-electron chi connectivity index (χ2n) is 8.97. The van der Waals surface area contributed by atoms with Gasteiger partial charge < -0.3 is 16.2 Å². The van der Waals surface area contributed by atoms with Gasteiger partial charge in [0.25, 0.3) is 0 Å². The van der Waals surface area contributed by atoms with E-state index >= 15 is 0 Å². The molecule has 1 aliphatic carbocycles. The number of nitrogens with zero attached hydrogens (tertiary/aromatic N) is 1. The summed E-state index contributed by atoms with van der Waals surface area (Å²) in [6.07, 6.45) is 2.29. The number of ketones is 2. The van der Waals surface area contributed by atoms with Crippen LogP contribution in [-0.4, -0.2) is 29.3 Å². The predicted molar refractivity (Wildman–Crippen MR) is 134 cm³/mol. The second kappa shape index (κ2) is 13.2. The van der Waals surface area contributed by atoms with E-state index < -0.39 is 12.0 Å². The van der Waals surface area contributed by atoms with Crippen LogP contribution in [-0.2, 0) is 17.8 Å². The van der Waals surface area contributed by atoms with E-state index in [1.807, 2.05) is 48.5 Å². The fraction of sp³-hybridized carbons (Fsp3) is 0.310. The third kappa shape index (κ3) is 6.92. The van der Waals surface area contributed by atoms with E-state index in [0.717, 1.165) is 24.0 Å². The first-order valence-electron chi connectivity index (χ1n) is 11.9. The molecule has 0 saturated heterocycles. The van der Waals surface area contributed by atoms with E-state index in [9.17, 15) is 14.7 Å². The van der Waals surface area contributed by atoms with Gasteiger partial charge in [-0.3, -0.25) is 9.59 Å². The van der Waals surface area contributed by atoms with E-state index in [0.29, 0.717) is 13.0 Å². The molecule has 3 atom stereocenters. The molecule has 3 aromatic rings. The molecule has 5 nitrogen and oxygen atoms in total. The third-order valence-corrected chi connectivity index (χ3v) is 6.66. The number of phenols is 1. The molecule has 0 radical (unpaired) electrons. The number of benzene rings is 3. The molecule has 0 aliphatic heterocycles. The van der Waals surface area contributed by atoms with Crippen LogP contribution in [0.25, 0.3) is 5.32 Å². The zero-order valence-corrected chi connectivity index (χ0v) is 23.9. The number of aryl methyl sites for hydroxylation is 1. The molecule has 0 aromatic heterocycles. The van der Waals surface area contributed by atoms with E-state index in [4.69, 9.17) is 11.1 Å². The minimum atomic E-state index is -0.518. The standard InChI is InChI=1S/C29H31N2O3.U/c30-19-21-13-14-27(33)25(16-21)29(34)28-24(22-11-5-2-6-12-22)17-23(32)18-26(28)31-15-7-10-20-8-3-1-4-9-20;/h1-6,8-9,11-14,16,24,26,28,33H,7,10,15,17-19,30H2;/q-1;. The second-order valence-corrected chi connectivity index (χ2v) is 8.97. The summed E-state index contributed by atoms with van der Waals surface area (Å²) in [5.41, 5.74) is 9.02. The molecule has 180 valence electrons. The maximum Gasteiger partial charge on any atom is 0.168 e. The number of aromatic hydroxyl groups is 1. The third-order valence-electron chi connectivity index (χ3n) is 6.66. The van der Waals surface area contributed by atoms with Crippen molar-refractivity contribution in [2.45, 2.75) is 44.2 Å². The fourth-order valence-corrected chi connectivity index (χ4v) is 4.92. The molecular formula is C29H31N2O3U-. The summed E-state index contributed by atoms with van der Waals surface area (Å²) in [5.74, 6) is -0.913. The summed E-state index contributed by atoms with van der Waals surface area (Å²) < 4.78 is 0. The average molecular weight is 694 g/mol. The van der Waals surface area contributed by atoms with Crippen LogP contribution in [0.2, 0.25) is 0 Å². The first-order chi connectivity index (χ1) is 16.6. The van der Waals surface area contributed by atoms with Crippen molar-refractivity contribution < 1.29 is 45.8 Å². The van der Waals surface area contributed by atoms with Crippen molar-refractivity contribution in [3.8, 4) is 5.75 Å². The van der Waals surface area contributed by atoms with Crippen molar-refractivity contribution >= 4 is 11.6 Å². The molecule has 1 aliphatic rings. The Labute approximate surface area is 230 Å². The number of rotatable bonds is 9. The molecule has 0 amide bonds. The van der Waals surface area contributed by atoms with Crippen LogP contribution in [0.3, 0.4) is 0 Å². The number of carbonyl (C=O) groups excluding carboxylic acids is 2. The van der Waals surface area contributed by atoms with Gasteiger partial charge in [-0.25, -0.2) is 0 Å². The summed E-state index contributed by atoms with van der Waals surface area (Å²) in [6, 6.07) is 24.4. The fourth-order valence-electron chi connectivity index (χ4n) is 4.92. The van der Waals surface area contributed by atoms with Gasteiger partial charge in [-0.05, 0) is 47.6 Å². The SMILES string of the molecule is NCc1ccc(O)c(C(=O)C2C([N-]CCCc3ccccc3)CC(=O)CC2c2ccccc2)c1.[U]. The van der Waals surface area contributed by atoms with Crippen LogP contribution in [0.15, 0.2) is 78.9 Å². The van der Waals surface area contributed by atoms with E-state index in [1.165, 1.54) is 11.6 Å². The summed E-state index contributed by atoms with van der Waals surface area (Å²) in [7, 11) is 0. The summed E-state index contributed by atoms with van der Waals surface area (Å²) in [6.45, 7) is 0.853. The predicted octanol–water partition coefficient (Wildman–Crippen LogP) is 5.17. The molecule has 3 N–H and O–H groups in total. The van der Waals surface area contributed by atoms with Crippen molar-refractivity contribution in [2.75, 3.05) is 6.54 Å². The van der Waals surface area contributed by atoms with Gasteiger partial charge in [-0.1, -0.05) is 73.2 Å². The Kier molecular flexibility index (Phi) is 10.3. The summed E-state index contributed by atoms with van der Waals surface area (Å²) in [5, 5.41) is 15.4. The number of Topliss-reactive ketones (excluding diaryl/α,β-unsaturated/α-hetero) is 2. The van der Waals surface area contributed by atoms with Gasteiger partial charge in [-0.15, -0.1) is 12.6 Å². The minimum absolute atomic E-state index is 0. The van der Waals surface area contributed by atoms with Gasteiger partial charge in [0.2, 0.25) is 0 Å². The van der Waals surface area contributed by atoms with Gasteiger partial charge in [0, 0.05) is 50.0 Å². The van der Waals surface area contributed by atoms with Crippen LogP contribution in [0, 0.1) is 37.0 Å². The van der Waals surface area contributed by atoms with Crippen LogP contribution < -0.4 is 5.73 Å². The van der Waals surface area contributed by atoms with Gasteiger partial charge >= 0.3 is 0 Å². The van der Waals surface area contributed by atoms with Gasteiger partial charge in [0.15, 0.2) is 5.78 Å². The largest absolute Gasteiger partial charge is 0.659 e. The Balaban J connectivity index is 0.00000342. The molecule has 0 heterocycles. The number of hydrogen-bond donors (Lipinski definition) is 2. The van der Waals surface area contributed by atoms with Gasteiger partial charge in [0.05, 0.1) is 5.56 Å². The van der Waals surface area contributed by atoms with Crippen LogP contribution in [0.4, 0.5) is 0 Å². The first kappa shape index (κ1) is 27.4. The minimum Gasteiger partial charge on any atom is -0.659 e. The number of nitrogens with two attached hydrogens (primary N) is 1. The molecule has 3 aromatic carbocycles. The molecule has 4 rings (SSSR count). The van der Waals surface area contributed by atoms with Crippen LogP contribution in [0.1, 0.15) is 52.2 Å². The molecule has 1 saturated carbocycles. The van der Waals surface area contributed by atoms with Gasteiger partial charge in [0.1, 0.15) is 11.5 Å². The van der Waals surface area contributed by atoms with Crippen molar-refractivity contribution in [3.05, 3.63) is 106 Å². The maximum absolute atomic E-state index is 13.9. The number of phenolic OH excluding ortho intramolecular Hbond substituents is 1. The van der Waals surface area contributed by atoms with E-state index in [1.54, 1.807) is 12.1 Å². The summed E-state index contributed by atoms with van der Waals surface area (Å²) in [4.78, 5) is 26.6. The van der Waals surface area contributed by atoms with E-state index in [-0.39, 0.29) is 72.9 Å². The molecule has 3 unspecified atom stereocenters. The van der Waals surface area contributed by atoms with Crippen molar-refractivity contribution in [1.29, 1.82) is 0 Å². The smallest absolute Gasteiger partial charge is 0.168 e. The normalized spacial score (nSPS) is 19.7. The van der Waals surface area contributed by atoms with Crippen LogP contribution in [0.5, 0.6) is 5.75 Å². The van der Waals surface area contributed by atoms with E-state index in [2.05, 4.69) is 12.1 Å². The molecule has 0 bridgehead atoms. The number of carbonyl (C=O) groups is 2. The summed E-state index contributed by atoms with van der Waals surface area (Å²) >= 11 is 0. The Morgan fingerprint density at radius 1 is 0.943 bits per heavy atom. The topological polar surface area (TPSA) is 94.5 Å². The van der Waals surface area contributed by atoms with Crippen molar-refractivity contribution in [3.63, 3.8) is 0 Å². The molecule has 1 fully saturated rings. The van der Waals surface area contributed by atoms with Gasteiger partial charge in [-0.2, -0.15) is 0 Å². The average Bonchev–Trinajstić information content (AvgIpc) is 2.87. The molecule has 0 spiro atoms. The Morgan fingerprint density at radius 2 is 1.63 bits per heavy atom. The van der Waals surface area contributed by atoms with Crippen LogP contribution >= 0.6 is 0 Å². The Bertz CT molecular complexity index is 1120. The Hall–Kier alpha value is -2.23. The maximum atomic E-state index is 13.9.